The molecule has 126 valence electrons. The predicted molar refractivity (Wildman–Crippen MR) is 85.0 cm³/mol. The summed E-state index contributed by atoms with van der Waals surface area (Å²) in [4.78, 5) is 25.3. The van der Waals surface area contributed by atoms with Crippen LogP contribution in [-0.2, 0) is 9.53 Å². The summed E-state index contributed by atoms with van der Waals surface area (Å²) in [7, 11) is 0. The van der Waals surface area contributed by atoms with Gasteiger partial charge in [-0.1, -0.05) is 6.92 Å². The first-order valence-electron chi connectivity index (χ1n) is 7.78. The van der Waals surface area contributed by atoms with Crippen molar-refractivity contribution in [2.24, 2.45) is 0 Å². The molecule has 1 atom stereocenters. The molecular weight excluding hydrogens is 298 g/mol. The average Bonchev–Trinajstić information content (AvgIpc) is 2.52. The van der Waals surface area contributed by atoms with Gasteiger partial charge in [-0.2, -0.15) is 0 Å². The Morgan fingerprint density at radius 3 is 2.57 bits per heavy atom. The number of aryl methyl sites for hydroxylation is 2. The monoisotopic (exact) mass is 321 g/mol. The van der Waals surface area contributed by atoms with Crippen molar-refractivity contribution in [3.63, 3.8) is 0 Å². The highest BCUT2D eigenvalue weighted by atomic mass is 16.5. The molecule has 6 nitrogen and oxygen atoms in total. The maximum absolute atomic E-state index is 12.8. The number of ether oxygens (including phenoxy) is 2. The van der Waals surface area contributed by atoms with Gasteiger partial charge >= 0.3 is 5.97 Å². The zero-order valence-electron chi connectivity index (χ0n) is 13.8. The van der Waals surface area contributed by atoms with E-state index in [2.05, 4.69) is 0 Å². The molecule has 0 saturated carbocycles. The van der Waals surface area contributed by atoms with E-state index in [1.807, 2.05) is 25.7 Å². The molecule has 1 N–H and O–H groups in total. The molecule has 0 aliphatic carbocycles. The summed E-state index contributed by atoms with van der Waals surface area (Å²) in [6.07, 6.45) is 0.851. The van der Waals surface area contributed by atoms with Crippen molar-refractivity contribution in [2.75, 3.05) is 26.4 Å². The van der Waals surface area contributed by atoms with Crippen LogP contribution < -0.4 is 4.74 Å². The van der Waals surface area contributed by atoms with Crippen molar-refractivity contribution in [1.29, 1.82) is 0 Å². The van der Waals surface area contributed by atoms with Gasteiger partial charge < -0.3 is 19.5 Å². The van der Waals surface area contributed by atoms with E-state index in [1.54, 1.807) is 12.1 Å². The van der Waals surface area contributed by atoms with Crippen LogP contribution in [0.5, 0.6) is 5.75 Å². The first-order valence-corrected chi connectivity index (χ1v) is 7.78. The van der Waals surface area contributed by atoms with Gasteiger partial charge in [0.1, 0.15) is 5.75 Å². The van der Waals surface area contributed by atoms with Gasteiger partial charge in [-0.15, -0.1) is 0 Å². The lowest BCUT2D eigenvalue weighted by molar-refractivity contribution is -0.139. The second kappa shape index (κ2) is 7.46. The minimum absolute atomic E-state index is 0.0175. The third-order valence-electron chi connectivity index (χ3n) is 4.01. The summed E-state index contributed by atoms with van der Waals surface area (Å²) in [6, 6.07) is 3.61. The summed E-state index contributed by atoms with van der Waals surface area (Å²) < 4.78 is 10.7. The van der Waals surface area contributed by atoms with Gasteiger partial charge in [-0.3, -0.25) is 4.79 Å². The van der Waals surface area contributed by atoms with Crippen LogP contribution in [0.2, 0.25) is 0 Å². The fourth-order valence-corrected chi connectivity index (χ4v) is 2.86. The average molecular weight is 321 g/mol. The molecule has 6 heteroatoms. The highest BCUT2D eigenvalue weighted by Gasteiger charge is 2.27. The van der Waals surface area contributed by atoms with Gasteiger partial charge in [0.15, 0.2) is 6.61 Å². The molecule has 23 heavy (non-hydrogen) atoms. The number of nitrogens with zero attached hydrogens (tertiary/aromatic N) is 1. The molecule has 1 fully saturated rings. The highest BCUT2D eigenvalue weighted by Crippen LogP contribution is 2.26. The van der Waals surface area contributed by atoms with E-state index >= 15 is 0 Å². The molecule has 0 radical (unpaired) electrons. The number of benzene rings is 1. The normalized spacial score (nSPS) is 17.9. The SMILES string of the molecule is CCC1COCCN1C(=O)c1cc(C)c(OCC(=O)O)c(C)c1. The van der Waals surface area contributed by atoms with Crippen LogP contribution >= 0.6 is 0 Å². The van der Waals surface area contributed by atoms with Crippen LogP contribution in [-0.4, -0.2) is 54.3 Å². The number of aliphatic carboxylic acids is 1. The first kappa shape index (κ1) is 17.3. The van der Waals surface area contributed by atoms with Gasteiger partial charge in [0.2, 0.25) is 0 Å². The fourth-order valence-electron chi connectivity index (χ4n) is 2.86. The maximum atomic E-state index is 12.8. The number of amides is 1. The smallest absolute Gasteiger partial charge is 0.341 e. The van der Waals surface area contributed by atoms with E-state index in [-0.39, 0.29) is 11.9 Å². The lowest BCUT2D eigenvalue weighted by atomic mass is 10.0. The summed E-state index contributed by atoms with van der Waals surface area (Å²) >= 11 is 0. The molecule has 0 bridgehead atoms. The van der Waals surface area contributed by atoms with Gasteiger partial charge in [-0.05, 0) is 43.5 Å². The van der Waals surface area contributed by atoms with Crippen molar-refractivity contribution in [3.8, 4) is 5.75 Å². The number of morpholine rings is 1. The summed E-state index contributed by atoms with van der Waals surface area (Å²) in [5.74, 6) is -0.517. The Bertz CT molecular complexity index is 576. The van der Waals surface area contributed by atoms with Crippen molar-refractivity contribution < 1.29 is 24.2 Å². The minimum atomic E-state index is -1.02. The van der Waals surface area contributed by atoms with Crippen LogP contribution in [0.4, 0.5) is 0 Å². The first-order chi connectivity index (χ1) is 10.9. The lowest BCUT2D eigenvalue weighted by Crippen LogP contribution is -2.48. The third-order valence-corrected chi connectivity index (χ3v) is 4.01. The van der Waals surface area contributed by atoms with Crippen LogP contribution in [0.3, 0.4) is 0 Å². The quantitative estimate of drug-likeness (QED) is 0.898. The van der Waals surface area contributed by atoms with Crippen molar-refractivity contribution in [3.05, 3.63) is 28.8 Å². The van der Waals surface area contributed by atoms with Crippen LogP contribution in [0.15, 0.2) is 12.1 Å². The van der Waals surface area contributed by atoms with Crippen LogP contribution in [0.1, 0.15) is 34.8 Å². The van der Waals surface area contributed by atoms with E-state index in [1.165, 1.54) is 0 Å². The Hall–Kier alpha value is -2.08. The molecule has 1 unspecified atom stereocenters. The Balaban J connectivity index is 2.22. The van der Waals surface area contributed by atoms with Crippen LogP contribution in [0.25, 0.3) is 0 Å². The Morgan fingerprint density at radius 1 is 1.35 bits per heavy atom. The third kappa shape index (κ3) is 4.01. The molecule has 1 aliphatic rings. The summed E-state index contributed by atoms with van der Waals surface area (Å²) in [5, 5.41) is 8.73. The zero-order chi connectivity index (χ0) is 17.0. The molecule has 1 amide bonds. The summed E-state index contributed by atoms with van der Waals surface area (Å²) in [6.45, 7) is 7.00. The molecule has 1 aromatic rings. The molecule has 1 heterocycles. The molecule has 0 aromatic heterocycles. The van der Waals surface area contributed by atoms with Crippen molar-refractivity contribution in [2.45, 2.75) is 33.2 Å². The molecule has 1 saturated heterocycles. The molecule has 0 spiro atoms. The topological polar surface area (TPSA) is 76.1 Å². The van der Waals surface area contributed by atoms with E-state index in [9.17, 15) is 9.59 Å². The van der Waals surface area contributed by atoms with Gasteiger partial charge in [-0.25, -0.2) is 4.79 Å². The minimum Gasteiger partial charge on any atom is -0.481 e. The lowest BCUT2D eigenvalue weighted by Gasteiger charge is -2.35. The number of hydrogen-bond donors (Lipinski definition) is 1. The van der Waals surface area contributed by atoms with E-state index in [0.717, 1.165) is 17.5 Å². The van der Waals surface area contributed by atoms with E-state index < -0.39 is 12.6 Å². The largest absolute Gasteiger partial charge is 0.481 e. The zero-order valence-corrected chi connectivity index (χ0v) is 13.8. The Labute approximate surface area is 136 Å². The van der Waals surface area contributed by atoms with Gasteiger partial charge in [0.05, 0.1) is 19.3 Å². The molecule has 1 aromatic carbocycles. The van der Waals surface area contributed by atoms with Gasteiger partial charge in [0.25, 0.3) is 5.91 Å². The van der Waals surface area contributed by atoms with Crippen molar-refractivity contribution in [1.82, 2.24) is 4.90 Å². The highest BCUT2D eigenvalue weighted by molar-refractivity contribution is 5.95. The number of hydrogen-bond acceptors (Lipinski definition) is 4. The maximum Gasteiger partial charge on any atom is 0.341 e. The van der Waals surface area contributed by atoms with Crippen molar-refractivity contribution >= 4 is 11.9 Å². The Morgan fingerprint density at radius 2 is 2.00 bits per heavy atom. The Kier molecular flexibility index (Phi) is 5.60. The number of carboxylic acids is 1. The number of carbonyl (C=O) groups is 2. The standard InChI is InChI=1S/C17H23NO5/c1-4-14-9-22-6-5-18(14)17(21)13-7-11(2)16(12(3)8-13)23-10-15(19)20/h7-8,14H,4-6,9-10H2,1-3H3,(H,19,20). The summed E-state index contributed by atoms with van der Waals surface area (Å²) in [5.41, 5.74) is 2.12. The van der Waals surface area contributed by atoms with E-state index in [4.69, 9.17) is 14.6 Å². The molecular formula is C17H23NO5. The number of carbonyl (C=O) groups excluding carboxylic acids is 1. The molecule has 2 rings (SSSR count). The van der Waals surface area contributed by atoms with E-state index in [0.29, 0.717) is 31.1 Å². The second-order valence-electron chi connectivity index (χ2n) is 5.76. The second-order valence-corrected chi connectivity index (χ2v) is 5.76. The fraction of sp³-hybridized carbons (Fsp3) is 0.529. The van der Waals surface area contributed by atoms with Crippen LogP contribution in [0, 0.1) is 13.8 Å². The predicted octanol–water partition coefficient (Wildman–Crippen LogP) is 2.02. The number of rotatable bonds is 5. The number of carboxylic acid groups (broad SMARTS) is 1. The molecule has 1 aliphatic heterocycles. The van der Waals surface area contributed by atoms with Gasteiger partial charge in [0, 0.05) is 12.1 Å².